The largest absolute Gasteiger partial charge is 0.459 e. The molecule has 5 aromatic rings. The molecule has 3 heterocycles. The molecule has 0 aliphatic rings. The number of thiazole rings is 1. The van der Waals surface area contributed by atoms with Crippen molar-refractivity contribution < 1.29 is 9.53 Å². The van der Waals surface area contributed by atoms with Crippen LogP contribution in [0.3, 0.4) is 0 Å². The van der Waals surface area contributed by atoms with Gasteiger partial charge in [-0.1, -0.05) is 48.9 Å². The number of hydrogen-bond acceptors (Lipinski definition) is 7. The first kappa shape index (κ1) is 22.9. The normalized spacial score (nSPS) is 11.5. The third-order valence-corrected chi connectivity index (χ3v) is 6.87. The molecule has 35 heavy (non-hydrogen) atoms. The smallest absolute Gasteiger partial charge is 0.306 e. The van der Waals surface area contributed by atoms with Crippen molar-refractivity contribution in [2.45, 2.75) is 45.8 Å². The van der Waals surface area contributed by atoms with Crippen LogP contribution in [0.1, 0.15) is 37.6 Å². The summed E-state index contributed by atoms with van der Waals surface area (Å²) in [6.45, 7) is 2.58. The van der Waals surface area contributed by atoms with E-state index in [9.17, 15) is 14.4 Å². The monoisotopic (exact) mass is 488 g/mol. The van der Waals surface area contributed by atoms with E-state index < -0.39 is 5.97 Å². The number of aryl methyl sites for hydroxylation is 2. The van der Waals surface area contributed by atoms with Crippen molar-refractivity contribution in [2.75, 3.05) is 0 Å². The third kappa shape index (κ3) is 4.59. The first-order chi connectivity index (χ1) is 17.0. The molecule has 3 aromatic heterocycles. The maximum absolute atomic E-state index is 13.0. The Labute approximate surface area is 204 Å². The molecule has 0 unspecified atom stereocenters. The van der Waals surface area contributed by atoms with E-state index in [1.165, 1.54) is 17.4 Å². The van der Waals surface area contributed by atoms with Gasteiger partial charge in [0.15, 0.2) is 4.96 Å². The Bertz CT molecular complexity index is 1670. The molecule has 0 fully saturated rings. The zero-order valence-corrected chi connectivity index (χ0v) is 20.1. The molecule has 0 bridgehead atoms. The summed E-state index contributed by atoms with van der Waals surface area (Å²) in [5.74, 6) is -0.474. The minimum absolute atomic E-state index is 0.0124. The Morgan fingerprint density at radius 3 is 2.63 bits per heavy atom. The van der Waals surface area contributed by atoms with Gasteiger partial charge in [0.2, 0.25) is 0 Å². The lowest BCUT2D eigenvalue weighted by Crippen LogP contribution is -2.26. The maximum Gasteiger partial charge on any atom is 0.306 e. The van der Waals surface area contributed by atoms with E-state index >= 15 is 0 Å². The first-order valence-electron chi connectivity index (χ1n) is 11.6. The highest BCUT2D eigenvalue weighted by Gasteiger charge is 2.14. The Morgan fingerprint density at radius 2 is 1.80 bits per heavy atom. The number of esters is 1. The van der Waals surface area contributed by atoms with Gasteiger partial charge in [-0.05, 0) is 30.7 Å². The molecule has 0 radical (unpaired) electrons. The minimum Gasteiger partial charge on any atom is -0.459 e. The average molecular weight is 489 g/mol. The summed E-state index contributed by atoms with van der Waals surface area (Å²) in [6, 6.07) is 16.5. The van der Waals surface area contributed by atoms with Crippen LogP contribution in [0.2, 0.25) is 0 Å². The highest BCUT2D eigenvalue weighted by molar-refractivity contribution is 7.23. The molecule has 5 rings (SSSR count). The van der Waals surface area contributed by atoms with Gasteiger partial charge in [0.25, 0.3) is 11.1 Å². The molecule has 2 aromatic carbocycles. The van der Waals surface area contributed by atoms with Gasteiger partial charge in [-0.2, -0.15) is 0 Å². The number of fused-ring (bicyclic) bond motifs is 4. The Balaban J connectivity index is 1.29. The SMILES string of the molecule is CCCCn1c(=O)c(CCC(=O)OCc2cc(=O)n3c(n2)sc2ccccc23)nc2ccccc21. The van der Waals surface area contributed by atoms with Crippen LogP contribution < -0.4 is 11.1 Å². The second-order valence-electron chi connectivity index (χ2n) is 8.29. The maximum atomic E-state index is 13.0. The van der Waals surface area contributed by atoms with Gasteiger partial charge in [-0.25, -0.2) is 9.97 Å². The predicted octanol–water partition coefficient (Wildman–Crippen LogP) is 4.10. The minimum atomic E-state index is -0.474. The van der Waals surface area contributed by atoms with E-state index in [4.69, 9.17) is 4.74 Å². The fraction of sp³-hybridized carbons (Fsp3) is 0.269. The number of unbranched alkanes of at least 4 members (excludes halogenated alkanes) is 1. The zero-order valence-electron chi connectivity index (χ0n) is 19.3. The van der Waals surface area contributed by atoms with E-state index in [2.05, 4.69) is 16.9 Å². The number of rotatable bonds is 8. The second-order valence-corrected chi connectivity index (χ2v) is 9.30. The summed E-state index contributed by atoms with van der Waals surface area (Å²) >= 11 is 1.41. The molecule has 0 amide bonds. The molecule has 0 N–H and O–H groups in total. The first-order valence-corrected chi connectivity index (χ1v) is 12.4. The van der Waals surface area contributed by atoms with Crippen LogP contribution in [0.15, 0.2) is 64.2 Å². The molecule has 0 aliphatic carbocycles. The van der Waals surface area contributed by atoms with E-state index in [1.54, 1.807) is 8.97 Å². The van der Waals surface area contributed by atoms with Gasteiger partial charge < -0.3 is 9.30 Å². The summed E-state index contributed by atoms with van der Waals surface area (Å²) in [5, 5.41) is 0. The summed E-state index contributed by atoms with van der Waals surface area (Å²) < 4.78 is 9.62. The highest BCUT2D eigenvalue weighted by Crippen LogP contribution is 2.23. The van der Waals surface area contributed by atoms with Gasteiger partial charge in [0.05, 0.1) is 33.4 Å². The van der Waals surface area contributed by atoms with Crippen LogP contribution in [0, 0.1) is 0 Å². The van der Waals surface area contributed by atoms with Crippen molar-refractivity contribution in [3.63, 3.8) is 0 Å². The summed E-state index contributed by atoms with van der Waals surface area (Å²) in [7, 11) is 0. The standard InChI is InChI=1S/C26H24N4O4S/c1-2-3-14-29-20-9-5-4-8-18(20)28-19(25(29)33)12-13-24(32)34-16-17-15-23(31)30-21-10-6-7-11-22(21)35-26(30)27-17/h4-11,15H,2-3,12-14,16H2,1H3. The van der Waals surface area contributed by atoms with E-state index in [-0.39, 0.29) is 30.6 Å². The van der Waals surface area contributed by atoms with Crippen LogP contribution in [-0.4, -0.2) is 24.9 Å². The molecule has 8 nitrogen and oxygen atoms in total. The van der Waals surface area contributed by atoms with Gasteiger partial charge in [-0.3, -0.25) is 18.8 Å². The number of ether oxygens (including phenoxy) is 1. The molecule has 0 saturated heterocycles. The van der Waals surface area contributed by atoms with E-state index in [0.29, 0.717) is 22.9 Å². The average Bonchev–Trinajstić information content (AvgIpc) is 3.25. The molecular formula is C26H24N4O4S. The summed E-state index contributed by atoms with van der Waals surface area (Å²) in [6.07, 6.45) is 2.04. The number of nitrogens with zero attached hydrogens (tertiary/aromatic N) is 4. The lowest BCUT2D eigenvalue weighted by atomic mass is 10.2. The van der Waals surface area contributed by atoms with E-state index in [0.717, 1.165) is 34.1 Å². The van der Waals surface area contributed by atoms with Crippen LogP contribution >= 0.6 is 11.3 Å². The predicted molar refractivity (Wildman–Crippen MR) is 136 cm³/mol. The third-order valence-electron chi connectivity index (χ3n) is 5.85. The molecule has 9 heteroatoms. The summed E-state index contributed by atoms with van der Waals surface area (Å²) in [4.78, 5) is 47.6. The van der Waals surface area contributed by atoms with Gasteiger partial charge in [0.1, 0.15) is 12.3 Å². The van der Waals surface area contributed by atoms with Crippen molar-refractivity contribution in [1.82, 2.24) is 18.9 Å². The molecule has 0 spiro atoms. The zero-order chi connectivity index (χ0) is 24.4. The van der Waals surface area contributed by atoms with Crippen molar-refractivity contribution >= 4 is 43.5 Å². The topological polar surface area (TPSA) is 95.6 Å². The number of benzene rings is 2. The van der Waals surface area contributed by atoms with Crippen LogP contribution in [0.25, 0.3) is 26.2 Å². The molecule has 0 saturated carbocycles. The van der Waals surface area contributed by atoms with Crippen molar-refractivity contribution in [3.05, 3.63) is 86.7 Å². The van der Waals surface area contributed by atoms with Crippen molar-refractivity contribution in [3.8, 4) is 0 Å². The van der Waals surface area contributed by atoms with Crippen LogP contribution in [0.4, 0.5) is 0 Å². The number of aromatic nitrogens is 4. The number of para-hydroxylation sites is 3. The number of carbonyl (C=O) groups is 1. The van der Waals surface area contributed by atoms with Gasteiger partial charge >= 0.3 is 5.97 Å². The van der Waals surface area contributed by atoms with Crippen LogP contribution in [-0.2, 0) is 29.1 Å². The fourth-order valence-electron chi connectivity index (χ4n) is 4.09. The fourth-order valence-corrected chi connectivity index (χ4v) is 5.14. The van der Waals surface area contributed by atoms with Crippen molar-refractivity contribution in [2.24, 2.45) is 0 Å². The lowest BCUT2D eigenvalue weighted by Gasteiger charge is -2.12. The van der Waals surface area contributed by atoms with Crippen LogP contribution in [0.5, 0.6) is 0 Å². The van der Waals surface area contributed by atoms with Gasteiger partial charge in [0, 0.05) is 19.0 Å². The Morgan fingerprint density at radius 1 is 1.03 bits per heavy atom. The number of hydrogen-bond donors (Lipinski definition) is 0. The van der Waals surface area contributed by atoms with Gasteiger partial charge in [-0.15, -0.1) is 0 Å². The summed E-state index contributed by atoms with van der Waals surface area (Å²) in [5.41, 5.74) is 2.68. The second kappa shape index (κ2) is 9.79. The van der Waals surface area contributed by atoms with E-state index in [1.807, 2.05) is 48.5 Å². The highest BCUT2D eigenvalue weighted by atomic mass is 32.1. The molecule has 0 atom stereocenters. The molecule has 0 aliphatic heterocycles. The quantitative estimate of drug-likeness (QED) is 0.305. The molecular weight excluding hydrogens is 464 g/mol. The Kier molecular flexibility index (Phi) is 6.41. The Hall–Kier alpha value is -3.85. The lowest BCUT2D eigenvalue weighted by molar-refractivity contribution is -0.145. The number of carbonyl (C=O) groups excluding carboxylic acids is 1. The molecule has 178 valence electrons. The van der Waals surface area contributed by atoms with Crippen molar-refractivity contribution in [1.29, 1.82) is 0 Å².